The second-order valence-corrected chi connectivity index (χ2v) is 7.03. The maximum absolute atomic E-state index is 12.4. The summed E-state index contributed by atoms with van der Waals surface area (Å²) in [6.45, 7) is 1.94. The van der Waals surface area contributed by atoms with Crippen LogP contribution in [0.5, 0.6) is 5.75 Å². The standard InChI is InChI=1S/C23H19NO6/c1-2-5-14-12-21(26)30-19-13-15(8-9-16(14)19)29-20(25)10-11-24-22(27)17-6-3-4-7-18(17)23(24)28/h3-4,6-9,12-13H,2,5,10-11H2,1H3. The van der Waals surface area contributed by atoms with E-state index in [9.17, 15) is 19.2 Å². The molecule has 7 nitrogen and oxygen atoms in total. The van der Waals surface area contributed by atoms with Gasteiger partial charge < -0.3 is 9.15 Å². The van der Waals surface area contributed by atoms with Crippen molar-refractivity contribution in [3.63, 3.8) is 0 Å². The first kappa shape index (κ1) is 19.6. The highest BCUT2D eigenvalue weighted by molar-refractivity contribution is 6.21. The molecule has 0 atom stereocenters. The molecule has 0 spiro atoms. The third-order valence-electron chi connectivity index (χ3n) is 4.97. The highest BCUT2D eigenvalue weighted by Crippen LogP contribution is 2.25. The molecule has 1 aromatic heterocycles. The van der Waals surface area contributed by atoms with Gasteiger partial charge in [0.1, 0.15) is 11.3 Å². The van der Waals surface area contributed by atoms with Crippen LogP contribution < -0.4 is 10.4 Å². The molecule has 152 valence electrons. The molecule has 1 aliphatic heterocycles. The lowest BCUT2D eigenvalue weighted by Gasteiger charge is -2.13. The molecular weight excluding hydrogens is 386 g/mol. The topological polar surface area (TPSA) is 93.9 Å². The van der Waals surface area contributed by atoms with E-state index in [1.54, 1.807) is 36.4 Å². The minimum Gasteiger partial charge on any atom is -0.426 e. The molecule has 2 heterocycles. The number of hydrogen-bond acceptors (Lipinski definition) is 6. The molecular formula is C23H19NO6. The van der Waals surface area contributed by atoms with Crippen molar-refractivity contribution in [2.24, 2.45) is 0 Å². The van der Waals surface area contributed by atoms with Gasteiger partial charge in [-0.25, -0.2) is 4.79 Å². The molecule has 0 saturated heterocycles. The molecule has 0 saturated carbocycles. The first-order valence-electron chi connectivity index (χ1n) is 9.70. The molecule has 0 fully saturated rings. The zero-order valence-corrected chi connectivity index (χ0v) is 16.3. The fourth-order valence-electron chi connectivity index (χ4n) is 3.58. The van der Waals surface area contributed by atoms with Gasteiger partial charge in [-0.15, -0.1) is 0 Å². The summed E-state index contributed by atoms with van der Waals surface area (Å²) in [5.41, 5.74) is 1.44. The SMILES string of the molecule is CCCc1cc(=O)oc2cc(OC(=O)CCN3C(=O)c4ccccc4C3=O)ccc12. The van der Waals surface area contributed by atoms with E-state index in [1.165, 1.54) is 12.1 Å². The van der Waals surface area contributed by atoms with Crippen LogP contribution in [0.3, 0.4) is 0 Å². The van der Waals surface area contributed by atoms with Crippen LogP contribution >= 0.6 is 0 Å². The Bertz CT molecular complexity index is 1190. The van der Waals surface area contributed by atoms with Gasteiger partial charge in [-0.2, -0.15) is 0 Å². The van der Waals surface area contributed by atoms with Crippen LogP contribution in [0.25, 0.3) is 11.0 Å². The van der Waals surface area contributed by atoms with Crippen molar-refractivity contribution in [3.05, 3.63) is 75.6 Å². The van der Waals surface area contributed by atoms with E-state index in [-0.39, 0.29) is 18.7 Å². The van der Waals surface area contributed by atoms with Crippen LogP contribution in [0.4, 0.5) is 0 Å². The van der Waals surface area contributed by atoms with Gasteiger partial charge >= 0.3 is 11.6 Å². The summed E-state index contributed by atoms with van der Waals surface area (Å²) < 4.78 is 10.6. The van der Waals surface area contributed by atoms with Crippen molar-refractivity contribution in [2.45, 2.75) is 26.2 Å². The molecule has 30 heavy (non-hydrogen) atoms. The van der Waals surface area contributed by atoms with Crippen LogP contribution in [-0.2, 0) is 11.2 Å². The first-order chi connectivity index (χ1) is 14.5. The summed E-state index contributed by atoms with van der Waals surface area (Å²) >= 11 is 0. The number of fused-ring (bicyclic) bond motifs is 2. The zero-order valence-electron chi connectivity index (χ0n) is 16.3. The van der Waals surface area contributed by atoms with Crippen molar-refractivity contribution in [1.82, 2.24) is 4.90 Å². The largest absolute Gasteiger partial charge is 0.426 e. The van der Waals surface area contributed by atoms with Crippen molar-refractivity contribution >= 4 is 28.8 Å². The van der Waals surface area contributed by atoms with Gasteiger partial charge in [0.15, 0.2) is 0 Å². The molecule has 4 rings (SSSR count). The van der Waals surface area contributed by atoms with Crippen molar-refractivity contribution in [2.75, 3.05) is 6.54 Å². The number of hydrogen-bond donors (Lipinski definition) is 0. The van der Waals surface area contributed by atoms with Gasteiger partial charge in [0.2, 0.25) is 0 Å². The Morgan fingerprint density at radius 3 is 2.37 bits per heavy atom. The number of carbonyl (C=O) groups is 3. The molecule has 0 radical (unpaired) electrons. The number of carbonyl (C=O) groups excluding carboxylic acids is 3. The average molecular weight is 405 g/mol. The first-order valence-corrected chi connectivity index (χ1v) is 9.70. The quantitative estimate of drug-likeness (QED) is 0.270. The van der Waals surface area contributed by atoms with Gasteiger partial charge in [0, 0.05) is 24.1 Å². The Labute approximate surface area is 171 Å². The fourth-order valence-corrected chi connectivity index (χ4v) is 3.58. The average Bonchev–Trinajstić information content (AvgIpc) is 2.97. The van der Waals surface area contributed by atoms with E-state index >= 15 is 0 Å². The predicted molar refractivity (Wildman–Crippen MR) is 109 cm³/mol. The molecule has 7 heteroatoms. The Balaban J connectivity index is 1.45. The van der Waals surface area contributed by atoms with Crippen LogP contribution in [-0.4, -0.2) is 29.2 Å². The van der Waals surface area contributed by atoms with E-state index in [2.05, 4.69) is 0 Å². The van der Waals surface area contributed by atoms with Gasteiger partial charge in [-0.3, -0.25) is 19.3 Å². The molecule has 3 aromatic rings. The van der Waals surface area contributed by atoms with Gasteiger partial charge in [0.25, 0.3) is 11.8 Å². The third-order valence-corrected chi connectivity index (χ3v) is 4.97. The number of esters is 1. The van der Waals surface area contributed by atoms with E-state index in [1.807, 2.05) is 6.92 Å². The molecule has 0 unspecified atom stereocenters. The second-order valence-electron chi connectivity index (χ2n) is 7.03. The maximum Gasteiger partial charge on any atom is 0.336 e. The molecule has 0 aliphatic carbocycles. The number of imide groups is 1. The molecule has 2 amide bonds. The summed E-state index contributed by atoms with van der Waals surface area (Å²) in [5, 5.41) is 0.794. The monoisotopic (exact) mass is 405 g/mol. The minimum atomic E-state index is -0.599. The highest BCUT2D eigenvalue weighted by Gasteiger charge is 2.35. The number of nitrogens with zero attached hydrogens (tertiary/aromatic N) is 1. The van der Waals surface area contributed by atoms with E-state index in [0.29, 0.717) is 16.7 Å². The summed E-state index contributed by atoms with van der Waals surface area (Å²) in [4.78, 5) is 49.8. The molecule has 0 bridgehead atoms. The van der Waals surface area contributed by atoms with E-state index in [4.69, 9.17) is 9.15 Å². The normalized spacial score (nSPS) is 13.0. The van der Waals surface area contributed by atoms with E-state index in [0.717, 1.165) is 28.7 Å². The lowest BCUT2D eigenvalue weighted by Crippen LogP contribution is -2.32. The fraction of sp³-hybridized carbons (Fsp3) is 0.217. The van der Waals surface area contributed by atoms with Gasteiger partial charge in [-0.1, -0.05) is 25.5 Å². The Morgan fingerprint density at radius 2 is 1.70 bits per heavy atom. The van der Waals surface area contributed by atoms with Crippen LogP contribution in [0.15, 0.2) is 57.7 Å². The smallest absolute Gasteiger partial charge is 0.336 e. The minimum absolute atomic E-state index is 0.0749. The summed E-state index contributed by atoms with van der Waals surface area (Å²) in [5.74, 6) is -1.21. The van der Waals surface area contributed by atoms with Crippen molar-refractivity contribution < 1.29 is 23.5 Å². The van der Waals surface area contributed by atoms with Crippen molar-refractivity contribution in [3.8, 4) is 5.75 Å². The lowest BCUT2D eigenvalue weighted by molar-refractivity contribution is -0.134. The lowest BCUT2D eigenvalue weighted by atomic mass is 10.1. The Hall–Kier alpha value is -3.74. The van der Waals surface area contributed by atoms with Gasteiger partial charge in [-0.05, 0) is 36.2 Å². The zero-order chi connectivity index (χ0) is 21.3. The summed E-state index contributed by atoms with van der Waals surface area (Å²) in [7, 11) is 0. The number of aryl methyl sites for hydroxylation is 1. The van der Waals surface area contributed by atoms with Crippen LogP contribution in [0.1, 0.15) is 46.0 Å². The summed E-state index contributed by atoms with van der Waals surface area (Å²) in [6.07, 6.45) is 1.47. The second kappa shape index (κ2) is 7.94. The van der Waals surface area contributed by atoms with Crippen LogP contribution in [0, 0.1) is 0 Å². The number of amides is 2. The molecule has 1 aliphatic rings. The maximum atomic E-state index is 12.4. The number of rotatable bonds is 6. The highest BCUT2D eigenvalue weighted by atomic mass is 16.5. The Morgan fingerprint density at radius 1 is 1.00 bits per heavy atom. The third kappa shape index (κ3) is 3.61. The van der Waals surface area contributed by atoms with Crippen LogP contribution in [0.2, 0.25) is 0 Å². The summed E-state index contributed by atoms with van der Waals surface area (Å²) in [6, 6.07) is 12.9. The van der Waals surface area contributed by atoms with E-state index < -0.39 is 23.4 Å². The molecule has 2 aromatic carbocycles. The predicted octanol–water partition coefficient (Wildman–Crippen LogP) is 3.34. The van der Waals surface area contributed by atoms with Gasteiger partial charge in [0.05, 0.1) is 17.5 Å². The molecule has 0 N–H and O–H groups in total. The number of ether oxygens (including phenoxy) is 1. The van der Waals surface area contributed by atoms with Crippen molar-refractivity contribution in [1.29, 1.82) is 0 Å². The Kier molecular flexibility index (Phi) is 5.18. The number of benzene rings is 2.